The van der Waals surface area contributed by atoms with E-state index in [0.717, 1.165) is 11.4 Å². The number of rotatable bonds is 3. The summed E-state index contributed by atoms with van der Waals surface area (Å²) in [5.41, 5.74) is 0.996. The van der Waals surface area contributed by atoms with Crippen LogP contribution in [0.4, 0.5) is 0 Å². The van der Waals surface area contributed by atoms with E-state index in [4.69, 9.17) is 11.6 Å². The molecule has 1 nitrogen and oxygen atoms in total. The second-order valence-corrected chi connectivity index (χ2v) is 6.78. The third kappa shape index (κ3) is 4.34. The first-order valence-electron chi connectivity index (χ1n) is 4.14. The van der Waals surface area contributed by atoms with Gasteiger partial charge in [0, 0.05) is 15.9 Å². The first kappa shape index (κ1) is 11.3. The summed E-state index contributed by atoms with van der Waals surface area (Å²) < 4.78 is 0.312. The first-order valence-corrected chi connectivity index (χ1v) is 6.54. The number of nitrogens with zero attached hydrogens (tertiary/aromatic N) is 1. The normalized spacial score (nSPS) is 12.0. The van der Waals surface area contributed by atoms with Gasteiger partial charge >= 0.3 is 0 Å². The average Bonchev–Trinajstić information content (AvgIpc) is 2.47. The van der Waals surface area contributed by atoms with Crippen LogP contribution in [0.5, 0.6) is 0 Å². The Morgan fingerprint density at radius 2 is 2.23 bits per heavy atom. The maximum absolute atomic E-state index is 5.67. The van der Waals surface area contributed by atoms with Crippen molar-refractivity contribution >= 4 is 34.7 Å². The molecule has 1 aromatic rings. The summed E-state index contributed by atoms with van der Waals surface area (Å²) in [5, 5.41) is 3.21. The molecule has 0 bridgehead atoms. The summed E-state index contributed by atoms with van der Waals surface area (Å²) in [4.78, 5) is 4.40. The lowest BCUT2D eigenvalue weighted by atomic mass is 10.3. The van der Waals surface area contributed by atoms with Crippen molar-refractivity contribution in [1.82, 2.24) is 4.98 Å². The molecular weight excluding hydrogens is 222 g/mol. The Hall–Kier alpha value is 0.270. The van der Waals surface area contributed by atoms with E-state index in [1.165, 1.54) is 5.01 Å². The summed E-state index contributed by atoms with van der Waals surface area (Å²) in [5.74, 6) is 1.52. The van der Waals surface area contributed by atoms with Crippen molar-refractivity contribution in [2.75, 3.05) is 0 Å². The van der Waals surface area contributed by atoms with Crippen LogP contribution in [0, 0.1) is 0 Å². The fraction of sp³-hybridized carbons (Fsp3) is 0.667. The van der Waals surface area contributed by atoms with Crippen LogP contribution in [0.15, 0.2) is 5.38 Å². The van der Waals surface area contributed by atoms with E-state index in [9.17, 15) is 0 Å². The highest BCUT2D eigenvalue weighted by molar-refractivity contribution is 7.99. The van der Waals surface area contributed by atoms with Gasteiger partial charge in [0.2, 0.25) is 0 Å². The van der Waals surface area contributed by atoms with Crippen LogP contribution < -0.4 is 0 Å². The standard InChI is InChI=1S/C9H14ClNS2/c1-9(2,3)13-6-8-11-7(4-10)5-12-8/h5H,4,6H2,1-3H3. The van der Waals surface area contributed by atoms with Crippen LogP contribution in [0.25, 0.3) is 0 Å². The Bertz CT molecular complexity index is 265. The minimum atomic E-state index is 0.312. The summed E-state index contributed by atoms with van der Waals surface area (Å²) >= 11 is 9.28. The molecule has 0 fully saturated rings. The van der Waals surface area contributed by atoms with Crippen molar-refractivity contribution in [3.8, 4) is 0 Å². The molecule has 4 heteroatoms. The van der Waals surface area contributed by atoms with E-state index in [1.54, 1.807) is 11.3 Å². The number of thiazole rings is 1. The second kappa shape index (κ2) is 4.67. The van der Waals surface area contributed by atoms with Crippen molar-refractivity contribution < 1.29 is 0 Å². The molecule has 0 spiro atoms. The highest BCUT2D eigenvalue weighted by atomic mass is 35.5. The molecule has 0 unspecified atom stereocenters. The van der Waals surface area contributed by atoms with Gasteiger partial charge in [-0.15, -0.1) is 34.7 Å². The van der Waals surface area contributed by atoms with E-state index in [0.29, 0.717) is 10.6 Å². The smallest absolute Gasteiger partial charge is 0.103 e. The Morgan fingerprint density at radius 1 is 1.54 bits per heavy atom. The van der Waals surface area contributed by atoms with Gasteiger partial charge in [-0.2, -0.15) is 0 Å². The van der Waals surface area contributed by atoms with Gasteiger partial charge < -0.3 is 0 Å². The predicted molar refractivity (Wildman–Crippen MR) is 62.7 cm³/mol. The van der Waals surface area contributed by atoms with Gasteiger partial charge in [0.25, 0.3) is 0 Å². The van der Waals surface area contributed by atoms with Crippen LogP contribution >= 0.6 is 34.7 Å². The number of aromatic nitrogens is 1. The number of hydrogen-bond donors (Lipinski definition) is 0. The molecule has 0 radical (unpaired) electrons. The number of thioether (sulfide) groups is 1. The molecule has 0 N–H and O–H groups in total. The van der Waals surface area contributed by atoms with E-state index in [2.05, 4.69) is 25.8 Å². The summed E-state index contributed by atoms with van der Waals surface area (Å²) in [6.45, 7) is 6.65. The number of alkyl halides is 1. The molecule has 0 atom stereocenters. The molecule has 13 heavy (non-hydrogen) atoms. The summed E-state index contributed by atoms with van der Waals surface area (Å²) in [6.07, 6.45) is 0. The fourth-order valence-corrected chi connectivity index (χ4v) is 2.63. The Kier molecular flexibility index (Phi) is 4.07. The highest BCUT2D eigenvalue weighted by Gasteiger charge is 2.11. The van der Waals surface area contributed by atoms with Crippen LogP contribution in [0.3, 0.4) is 0 Å². The minimum Gasteiger partial charge on any atom is -0.244 e. The monoisotopic (exact) mass is 235 g/mol. The van der Waals surface area contributed by atoms with Gasteiger partial charge in [0.15, 0.2) is 0 Å². The molecule has 1 heterocycles. The zero-order valence-electron chi connectivity index (χ0n) is 8.13. The third-order valence-electron chi connectivity index (χ3n) is 1.36. The van der Waals surface area contributed by atoms with Gasteiger partial charge in [-0.05, 0) is 0 Å². The molecule has 0 aliphatic heterocycles. The first-order chi connectivity index (χ1) is 6.01. The van der Waals surface area contributed by atoms with E-state index < -0.39 is 0 Å². The molecule has 1 rings (SSSR count). The molecule has 0 saturated heterocycles. The van der Waals surface area contributed by atoms with Gasteiger partial charge in [-0.1, -0.05) is 20.8 Å². The van der Waals surface area contributed by atoms with Gasteiger partial charge in [0.1, 0.15) is 5.01 Å². The molecule has 74 valence electrons. The van der Waals surface area contributed by atoms with Crippen LogP contribution in [0.2, 0.25) is 0 Å². The lowest BCUT2D eigenvalue weighted by Gasteiger charge is -2.15. The fourth-order valence-electron chi connectivity index (χ4n) is 0.755. The quantitative estimate of drug-likeness (QED) is 0.737. The van der Waals surface area contributed by atoms with Crippen LogP contribution in [-0.4, -0.2) is 9.73 Å². The molecule has 0 aliphatic carbocycles. The molecular formula is C9H14ClNS2. The minimum absolute atomic E-state index is 0.312. The van der Waals surface area contributed by atoms with Gasteiger partial charge in [-0.3, -0.25) is 0 Å². The largest absolute Gasteiger partial charge is 0.244 e. The SMILES string of the molecule is CC(C)(C)SCc1nc(CCl)cs1. The molecule has 0 saturated carbocycles. The van der Waals surface area contributed by atoms with Crippen molar-refractivity contribution in [3.63, 3.8) is 0 Å². The lowest BCUT2D eigenvalue weighted by Crippen LogP contribution is -2.07. The maximum Gasteiger partial charge on any atom is 0.103 e. The second-order valence-electron chi connectivity index (χ2n) is 3.77. The zero-order valence-corrected chi connectivity index (χ0v) is 10.5. The molecule has 0 aliphatic rings. The summed E-state index contributed by atoms with van der Waals surface area (Å²) in [6, 6.07) is 0. The van der Waals surface area contributed by atoms with Crippen molar-refractivity contribution in [2.45, 2.75) is 37.2 Å². The van der Waals surface area contributed by atoms with Gasteiger partial charge in [0.05, 0.1) is 11.6 Å². The number of hydrogen-bond acceptors (Lipinski definition) is 3. The Labute approximate surface area is 92.9 Å². The van der Waals surface area contributed by atoms with Crippen LogP contribution in [-0.2, 0) is 11.6 Å². The molecule has 1 aromatic heterocycles. The molecule has 0 amide bonds. The van der Waals surface area contributed by atoms with Crippen molar-refractivity contribution in [3.05, 3.63) is 16.1 Å². The predicted octanol–water partition coefficient (Wildman–Crippen LogP) is 3.91. The Morgan fingerprint density at radius 3 is 2.69 bits per heavy atom. The van der Waals surface area contributed by atoms with Crippen molar-refractivity contribution in [2.24, 2.45) is 0 Å². The third-order valence-corrected chi connectivity index (χ3v) is 4.00. The van der Waals surface area contributed by atoms with E-state index in [1.807, 2.05) is 17.1 Å². The van der Waals surface area contributed by atoms with Gasteiger partial charge in [-0.25, -0.2) is 4.98 Å². The summed E-state index contributed by atoms with van der Waals surface area (Å²) in [7, 11) is 0. The van der Waals surface area contributed by atoms with Crippen LogP contribution in [0.1, 0.15) is 31.5 Å². The highest BCUT2D eigenvalue weighted by Crippen LogP contribution is 2.28. The van der Waals surface area contributed by atoms with E-state index in [-0.39, 0.29) is 0 Å². The lowest BCUT2D eigenvalue weighted by molar-refractivity contribution is 0.802. The topological polar surface area (TPSA) is 12.9 Å². The van der Waals surface area contributed by atoms with E-state index >= 15 is 0 Å². The van der Waals surface area contributed by atoms with Crippen molar-refractivity contribution in [1.29, 1.82) is 0 Å². The molecule has 0 aromatic carbocycles. The zero-order chi connectivity index (χ0) is 9.90. The number of halogens is 1. The maximum atomic E-state index is 5.67. The average molecular weight is 236 g/mol. The Balaban J connectivity index is 2.46.